The van der Waals surface area contributed by atoms with Crippen LogP contribution in [0.4, 0.5) is 5.69 Å². The van der Waals surface area contributed by atoms with Gasteiger partial charge in [-0.3, -0.25) is 4.90 Å². The van der Waals surface area contributed by atoms with Crippen molar-refractivity contribution < 1.29 is 4.74 Å². The van der Waals surface area contributed by atoms with Crippen LogP contribution in [-0.4, -0.2) is 30.1 Å². The van der Waals surface area contributed by atoms with Crippen molar-refractivity contribution in [2.75, 3.05) is 18.9 Å². The van der Waals surface area contributed by atoms with Crippen molar-refractivity contribution in [1.82, 2.24) is 4.90 Å². The molecular formula is C14H23ClN2O. The third-order valence-corrected chi connectivity index (χ3v) is 3.22. The fourth-order valence-corrected chi connectivity index (χ4v) is 2.28. The van der Waals surface area contributed by atoms with E-state index in [0.717, 1.165) is 6.54 Å². The number of rotatable bonds is 6. The highest BCUT2D eigenvalue weighted by molar-refractivity contribution is 6.32. The molecule has 2 N–H and O–H groups in total. The molecule has 0 aliphatic heterocycles. The molecule has 0 radical (unpaired) electrons. The number of para-hydroxylation sites is 1. The van der Waals surface area contributed by atoms with E-state index in [1.165, 1.54) is 0 Å². The van der Waals surface area contributed by atoms with Gasteiger partial charge in [0.1, 0.15) is 6.61 Å². The topological polar surface area (TPSA) is 38.5 Å². The highest BCUT2D eigenvalue weighted by atomic mass is 35.5. The van der Waals surface area contributed by atoms with Gasteiger partial charge in [-0.05, 0) is 39.8 Å². The van der Waals surface area contributed by atoms with Crippen molar-refractivity contribution in [2.45, 2.75) is 39.8 Å². The van der Waals surface area contributed by atoms with Gasteiger partial charge in [0.05, 0.1) is 10.7 Å². The molecule has 0 saturated carbocycles. The predicted molar refractivity (Wildman–Crippen MR) is 78.3 cm³/mol. The van der Waals surface area contributed by atoms with Gasteiger partial charge < -0.3 is 10.5 Å². The van der Waals surface area contributed by atoms with Crippen LogP contribution in [0.1, 0.15) is 27.7 Å². The molecule has 0 heterocycles. The van der Waals surface area contributed by atoms with Gasteiger partial charge in [-0.1, -0.05) is 17.7 Å². The third-order valence-electron chi connectivity index (χ3n) is 2.92. The first-order valence-corrected chi connectivity index (χ1v) is 6.73. The number of anilines is 1. The zero-order valence-corrected chi connectivity index (χ0v) is 12.4. The van der Waals surface area contributed by atoms with E-state index in [9.17, 15) is 0 Å². The molecule has 1 aromatic carbocycles. The summed E-state index contributed by atoms with van der Waals surface area (Å²) in [6.45, 7) is 10.2. The van der Waals surface area contributed by atoms with Crippen LogP contribution in [0.2, 0.25) is 5.02 Å². The summed E-state index contributed by atoms with van der Waals surface area (Å²) in [5, 5.41) is 0.565. The second-order valence-corrected chi connectivity index (χ2v) is 5.34. The minimum Gasteiger partial charge on any atom is -0.489 e. The lowest BCUT2D eigenvalue weighted by atomic mass is 10.2. The zero-order valence-electron chi connectivity index (χ0n) is 11.6. The summed E-state index contributed by atoms with van der Waals surface area (Å²) in [5.41, 5.74) is 6.42. The van der Waals surface area contributed by atoms with Crippen molar-refractivity contribution in [3.8, 4) is 5.75 Å². The van der Waals surface area contributed by atoms with Crippen LogP contribution in [0.5, 0.6) is 5.75 Å². The van der Waals surface area contributed by atoms with Gasteiger partial charge in [-0.25, -0.2) is 0 Å². The molecule has 0 spiro atoms. The van der Waals surface area contributed by atoms with E-state index < -0.39 is 0 Å². The van der Waals surface area contributed by atoms with Crippen molar-refractivity contribution in [3.05, 3.63) is 23.2 Å². The Kier molecular flexibility index (Phi) is 5.76. The van der Waals surface area contributed by atoms with E-state index in [1.807, 2.05) is 6.07 Å². The second-order valence-electron chi connectivity index (χ2n) is 4.93. The Balaban J connectivity index is 2.55. The standard InChI is InChI=1S/C14H23ClN2O/c1-10(2)17(11(3)4)8-9-18-14-12(15)6-5-7-13(14)16/h5-7,10-11H,8-9,16H2,1-4H3. The van der Waals surface area contributed by atoms with Crippen molar-refractivity contribution in [1.29, 1.82) is 0 Å². The van der Waals surface area contributed by atoms with Crippen LogP contribution < -0.4 is 10.5 Å². The number of nitrogens with two attached hydrogens (primary N) is 1. The molecule has 3 nitrogen and oxygen atoms in total. The Morgan fingerprint density at radius 2 is 1.83 bits per heavy atom. The van der Waals surface area contributed by atoms with Gasteiger partial charge in [0.25, 0.3) is 0 Å². The first-order valence-electron chi connectivity index (χ1n) is 6.36. The summed E-state index contributed by atoms with van der Waals surface area (Å²) in [5.74, 6) is 0.589. The number of ether oxygens (including phenoxy) is 1. The number of halogens is 1. The van der Waals surface area contributed by atoms with Crippen LogP contribution in [0.15, 0.2) is 18.2 Å². The summed E-state index contributed by atoms with van der Waals surface area (Å²) in [7, 11) is 0. The molecule has 1 rings (SSSR count). The maximum absolute atomic E-state index is 6.05. The summed E-state index contributed by atoms with van der Waals surface area (Å²) in [6, 6.07) is 6.40. The molecule has 0 unspecified atom stereocenters. The Labute approximate surface area is 115 Å². The van der Waals surface area contributed by atoms with E-state index in [1.54, 1.807) is 12.1 Å². The molecule has 0 saturated heterocycles. The first-order chi connectivity index (χ1) is 8.43. The maximum atomic E-state index is 6.05. The van der Waals surface area contributed by atoms with Gasteiger partial charge in [-0.15, -0.1) is 0 Å². The Morgan fingerprint density at radius 3 is 2.33 bits per heavy atom. The molecule has 0 atom stereocenters. The molecule has 102 valence electrons. The monoisotopic (exact) mass is 270 g/mol. The van der Waals surface area contributed by atoms with Crippen molar-refractivity contribution in [2.24, 2.45) is 0 Å². The van der Waals surface area contributed by atoms with Crippen LogP contribution in [0.3, 0.4) is 0 Å². The molecule has 0 aromatic heterocycles. The molecule has 0 aliphatic rings. The highest BCUT2D eigenvalue weighted by Gasteiger charge is 2.13. The first kappa shape index (κ1) is 15.1. The summed E-state index contributed by atoms with van der Waals surface area (Å²) >= 11 is 6.05. The average Bonchev–Trinajstić information content (AvgIpc) is 2.26. The van der Waals surface area contributed by atoms with Gasteiger partial charge in [0.2, 0.25) is 0 Å². The average molecular weight is 271 g/mol. The van der Waals surface area contributed by atoms with E-state index in [0.29, 0.717) is 35.2 Å². The van der Waals surface area contributed by atoms with Gasteiger partial charge in [0, 0.05) is 18.6 Å². The lowest BCUT2D eigenvalue weighted by Crippen LogP contribution is -2.39. The fraction of sp³-hybridized carbons (Fsp3) is 0.571. The normalized spacial score (nSPS) is 11.6. The van der Waals surface area contributed by atoms with Crippen LogP contribution >= 0.6 is 11.6 Å². The Morgan fingerprint density at radius 1 is 1.22 bits per heavy atom. The highest BCUT2D eigenvalue weighted by Crippen LogP contribution is 2.30. The van der Waals surface area contributed by atoms with E-state index in [2.05, 4.69) is 32.6 Å². The second kappa shape index (κ2) is 6.86. The SMILES string of the molecule is CC(C)N(CCOc1c(N)cccc1Cl)C(C)C. The zero-order chi connectivity index (χ0) is 13.7. The van der Waals surface area contributed by atoms with Crippen LogP contribution in [-0.2, 0) is 0 Å². The lowest BCUT2D eigenvalue weighted by molar-refractivity contribution is 0.142. The number of nitrogen functional groups attached to an aromatic ring is 1. The quantitative estimate of drug-likeness (QED) is 0.805. The molecular weight excluding hydrogens is 248 g/mol. The third kappa shape index (κ3) is 4.07. The fourth-order valence-electron chi connectivity index (χ4n) is 2.04. The van der Waals surface area contributed by atoms with Crippen molar-refractivity contribution in [3.63, 3.8) is 0 Å². The maximum Gasteiger partial charge on any atom is 0.160 e. The lowest BCUT2D eigenvalue weighted by Gasteiger charge is -2.30. The smallest absolute Gasteiger partial charge is 0.160 e. The summed E-state index contributed by atoms with van der Waals surface area (Å²) < 4.78 is 5.70. The molecule has 18 heavy (non-hydrogen) atoms. The molecule has 0 fully saturated rings. The summed E-state index contributed by atoms with van der Waals surface area (Å²) in [4.78, 5) is 2.37. The van der Waals surface area contributed by atoms with Gasteiger partial charge in [0.15, 0.2) is 5.75 Å². The number of hydrogen-bond donors (Lipinski definition) is 1. The molecule has 1 aromatic rings. The molecule has 0 bridgehead atoms. The van der Waals surface area contributed by atoms with Crippen LogP contribution in [0.25, 0.3) is 0 Å². The Bertz CT molecular complexity index is 352. The van der Waals surface area contributed by atoms with E-state index >= 15 is 0 Å². The van der Waals surface area contributed by atoms with Gasteiger partial charge in [-0.2, -0.15) is 0 Å². The number of hydrogen-bond acceptors (Lipinski definition) is 3. The molecule has 0 amide bonds. The number of benzene rings is 1. The van der Waals surface area contributed by atoms with E-state index in [4.69, 9.17) is 22.1 Å². The number of nitrogens with zero attached hydrogens (tertiary/aromatic N) is 1. The van der Waals surface area contributed by atoms with E-state index in [-0.39, 0.29) is 0 Å². The molecule has 4 heteroatoms. The minimum absolute atomic E-state index is 0.497. The minimum atomic E-state index is 0.497. The van der Waals surface area contributed by atoms with Crippen LogP contribution in [0, 0.1) is 0 Å². The van der Waals surface area contributed by atoms with Crippen molar-refractivity contribution >= 4 is 17.3 Å². The Hall–Kier alpha value is -0.930. The summed E-state index contributed by atoms with van der Waals surface area (Å²) in [6.07, 6.45) is 0. The molecule has 0 aliphatic carbocycles. The predicted octanol–water partition coefficient (Wildman–Crippen LogP) is 3.42. The largest absolute Gasteiger partial charge is 0.489 e. The van der Waals surface area contributed by atoms with Gasteiger partial charge >= 0.3 is 0 Å².